The largest absolute Gasteiger partial charge is 0.489 e. The molecule has 0 bridgehead atoms. The van der Waals surface area contributed by atoms with Crippen LogP contribution in [0.4, 0.5) is 5.69 Å². The minimum absolute atomic E-state index is 0.261. The van der Waals surface area contributed by atoms with Crippen molar-refractivity contribution in [1.82, 2.24) is 0 Å². The van der Waals surface area contributed by atoms with Gasteiger partial charge < -0.3 is 9.64 Å². The molecule has 2 aromatic carbocycles. The van der Waals surface area contributed by atoms with Gasteiger partial charge in [0.25, 0.3) is 0 Å². The number of hydrogen-bond acceptors (Lipinski definition) is 2. The van der Waals surface area contributed by atoms with Crippen LogP contribution in [-0.2, 0) is 0 Å². The molecular formula is C17H18BrNO. The third-order valence-electron chi connectivity index (χ3n) is 3.95. The highest BCUT2D eigenvalue weighted by molar-refractivity contribution is 9.10. The molecule has 0 fully saturated rings. The van der Waals surface area contributed by atoms with Gasteiger partial charge in [0.15, 0.2) is 0 Å². The molecule has 0 radical (unpaired) electrons. The van der Waals surface area contributed by atoms with Crippen LogP contribution in [0, 0.1) is 13.8 Å². The van der Waals surface area contributed by atoms with Gasteiger partial charge >= 0.3 is 0 Å². The molecule has 1 aliphatic rings. The smallest absolute Gasteiger partial charge is 0.142 e. The van der Waals surface area contributed by atoms with Gasteiger partial charge in [0.1, 0.15) is 12.4 Å². The Morgan fingerprint density at radius 3 is 2.70 bits per heavy atom. The second kappa shape index (κ2) is 5.13. The quantitative estimate of drug-likeness (QED) is 0.755. The Hall–Kier alpha value is -1.48. The molecule has 0 saturated heterocycles. The predicted octanol–water partition coefficient (Wildman–Crippen LogP) is 4.64. The van der Waals surface area contributed by atoms with Gasteiger partial charge in [-0.3, -0.25) is 0 Å². The summed E-state index contributed by atoms with van der Waals surface area (Å²) in [5, 5.41) is 0. The second-order valence-corrected chi connectivity index (χ2v) is 6.33. The minimum atomic E-state index is 0.261. The molecule has 20 heavy (non-hydrogen) atoms. The van der Waals surface area contributed by atoms with E-state index in [0.717, 1.165) is 15.9 Å². The van der Waals surface area contributed by atoms with E-state index in [1.807, 2.05) is 12.1 Å². The van der Waals surface area contributed by atoms with Crippen molar-refractivity contribution in [2.75, 3.05) is 18.6 Å². The van der Waals surface area contributed by atoms with Crippen LogP contribution in [0.1, 0.15) is 22.7 Å². The topological polar surface area (TPSA) is 12.5 Å². The van der Waals surface area contributed by atoms with Gasteiger partial charge in [-0.25, -0.2) is 0 Å². The zero-order valence-electron chi connectivity index (χ0n) is 12.0. The number of halogens is 1. The fourth-order valence-corrected chi connectivity index (χ4v) is 3.18. The van der Waals surface area contributed by atoms with Gasteiger partial charge in [-0.2, -0.15) is 0 Å². The van der Waals surface area contributed by atoms with Gasteiger partial charge in [0.05, 0.1) is 11.7 Å². The van der Waals surface area contributed by atoms with Crippen LogP contribution in [-0.4, -0.2) is 13.7 Å². The number of likely N-dealkylation sites (N-methyl/N-ethyl adjacent to an activating group) is 1. The van der Waals surface area contributed by atoms with Crippen molar-refractivity contribution in [3.05, 3.63) is 57.6 Å². The van der Waals surface area contributed by atoms with Crippen molar-refractivity contribution in [2.45, 2.75) is 19.9 Å². The first-order valence-corrected chi connectivity index (χ1v) is 7.58. The summed E-state index contributed by atoms with van der Waals surface area (Å²) in [4.78, 5) is 2.31. The average Bonchev–Trinajstić information content (AvgIpc) is 2.41. The fraction of sp³-hybridized carbons (Fsp3) is 0.294. The number of fused-ring (bicyclic) bond motifs is 1. The van der Waals surface area contributed by atoms with E-state index in [0.29, 0.717) is 6.61 Å². The van der Waals surface area contributed by atoms with E-state index in [4.69, 9.17) is 4.74 Å². The molecule has 0 saturated carbocycles. The number of hydrogen-bond donors (Lipinski definition) is 0. The van der Waals surface area contributed by atoms with E-state index in [-0.39, 0.29) is 6.04 Å². The lowest BCUT2D eigenvalue weighted by atomic mass is 9.97. The number of nitrogens with zero attached hydrogens (tertiary/aromatic N) is 1. The van der Waals surface area contributed by atoms with Crippen LogP contribution in [0.3, 0.4) is 0 Å². The van der Waals surface area contributed by atoms with Crippen LogP contribution in [0.25, 0.3) is 0 Å². The molecule has 0 aliphatic carbocycles. The first-order valence-electron chi connectivity index (χ1n) is 6.78. The fourth-order valence-electron chi connectivity index (χ4n) is 2.83. The molecular weight excluding hydrogens is 314 g/mol. The summed E-state index contributed by atoms with van der Waals surface area (Å²) in [6.07, 6.45) is 0. The van der Waals surface area contributed by atoms with Crippen molar-refractivity contribution in [2.24, 2.45) is 0 Å². The molecule has 2 nitrogen and oxygen atoms in total. The average molecular weight is 332 g/mol. The Morgan fingerprint density at radius 1 is 1.15 bits per heavy atom. The summed E-state index contributed by atoms with van der Waals surface area (Å²) in [7, 11) is 2.14. The van der Waals surface area contributed by atoms with Crippen LogP contribution in [0.15, 0.2) is 40.9 Å². The zero-order chi connectivity index (χ0) is 14.3. The van der Waals surface area contributed by atoms with Crippen LogP contribution in [0.2, 0.25) is 0 Å². The van der Waals surface area contributed by atoms with Crippen LogP contribution in [0.5, 0.6) is 5.75 Å². The van der Waals surface area contributed by atoms with E-state index in [1.54, 1.807) is 0 Å². The standard InChI is InChI=1S/C17H18BrNO/c1-11-4-6-14(12(2)8-11)16-10-20-17-7-5-13(18)9-15(17)19(16)3/h4-9,16H,10H2,1-3H3. The lowest BCUT2D eigenvalue weighted by Crippen LogP contribution is -2.33. The Bertz CT molecular complexity index is 653. The normalized spacial score (nSPS) is 17.6. The molecule has 104 valence electrons. The summed E-state index contributed by atoms with van der Waals surface area (Å²) in [6.45, 7) is 4.99. The van der Waals surface area contributed by atoms with Crippen molar-refractivity contribution in [3.63, 3.8) is 0 Å². The zero-order valence-corrected chi connectivity index (χ0v) is 13.6. The van der Waals surface area contributed by atoms with Gasteiger partial charge in [-0.1, -0.05) is 39.7 Å². The molecule has 1 aliphatic heterocycles. The third kappa shape index (κ3) is 2.31. The maximum atomic E-state index is 5.94. The molecule has 0 spiro atoms. The molecule has 2 aromatic rings. The Morgan fingerprint density at radius 2 is 1.95 bits per heavy atom. The molecule has 1 atom stereocenters. The van der Waals surface area contributed by atoms with E-state index in [2.05, 4.69) is 66.0 Å². The monoisotopic (exact) mass is 331 g/mol. The highest BCUT2D eigenvalue weighted by Gasteiger charge is 2.27. The number of benzene rings is 2. The molecule has 1 heterocycles. The maximum Gasteiger partial charge on any atom is 0.142 e. The van der Waals surface area contributed by atoms with Crippen LogP contribution >= 0.6 is 15.9 Å². The summed E-state index contributed by atoms with van der Waals surface area (Å²) >= 11 is 3.54. The highest BCUT2D eigenvalue weighted by atomic mass is 79.9. The predicted molar refractivity (Wildman–Crippen MR) is 86.7 cm³/mol. The van der Waals surface area contributed by atoms with E-state index < -0.39 is 0 Å². The lowest BCUT2D eigenvalue weighted by molar-refractivity contribution is 0.268. The second-order valence-electron chi connectivity index (χ2n) is 5.41. The molecule has 3 rings (SSSR count). The Labute approximate surface area is 128 Å². The van der Waals surface area contributed by atoms with E-state index in [9.17, 15) is 0 Å². The van der Waals surface area contributed by atoms with Gasteiger partial charge in [-0.05, 0) is 43.2 Å². The first-order chi connectivity index (χ1) is 9.56. The number of ether oxygens (including phenoxy) is 1. The van der Waals surface area contributed by atoms with E-state index >= 15 is 0 Å². The number of aryl methyl sites for hydroxylation is 2. The van der Waals surface area contributed by atoms with Crippen molar-refractivity contribution in [3.8, 4) is 5.75 Å². The first kappa shape index (κ1) is 13.5. The van der Waals surface area contributed by atoms with Crippen molar-refractivity contribution >= 4 is 21.6 Å². The number of rotatable bonds is 1. The molecule has 0 N–H and O–H groups in total. The van der Waals surface area contributed by atoms with E-state index in [1.165, 1.54) is 16.7 Å². The molecule has 0 amide bonds. The highest BCUT2D eigenvalue weighted by Crippen LogP contribution is 2.40. The molecule has 0 aromatic heterocycles. The van der Waals surface area contributed by atoms with Crippen molar-refractivity contribution < 1.29 is 4.74 Å². The number of anilines is 1. The summed E-state index contributed by atoms with van der Waals surface area (Å²) in [5.41, 5.74) is 5.09. The molecule has 3 heteroatoms. The van der Waals surface area contributed by atoms with Gasteiger partial charge in [-0.15, -0.1) is 0 Å². The molecule has 1 unspecified atom stereocenters. The summed E-state index contributed by atoms with van der Waals surface area (Å²) in [6, 6.07) is 13.0. The SMILES string of the molecule is Cc1ccc(C2COc3ccc(Br)cc3N2C)c(C)c1. The summed E-state index contributed by atoms with van der Waals surface area (Å²) in [5.74, 6) is 0.955. The minimum Gasteiger partial charge on any atom is -0.489 e. The third-order valence-corrected chi connectivity index (χ3v) is 4.44. The lowest BCUT2D eigenvalue weighted by Gasteiger charge is -2.37. The van der Waals surface area contributed by atoms with Crippen molar-refractivity contribution in [1.29, 1.82) is 0 Å². The van der Waals surface area contributed by atoms with Crippen LogP contribution < -0.4 is 9.64 Å². The Balaban J connectivity index is 2.01. The summed E-state index contributed by atoms with van der Waals surface area (Å²) < 4.78 is 7.02. The van der Waals surface area contributed by atoms with Gasteiger partial charge in [0.2, 0.25) is 0 Å². The van der Waals surface area contributed by atoms with Gasteiger partial charge in [0, 0.05) is 11.5 Å². The Kier molecular flexibility index (Phi) is 3.47. The maximum absolute atomic E-state index is 5.94.